The topological polar surface area (TPSA) is 46.2 Å². The van der Waals surface area contributed by atoms with E-state index in [2.05, 4.69) is 0 Å². The molecule has 0 unspecified atom stereocenters. The summed E-state index contributed by atoms with van der Waals surface area (Å²) in [6, 6.07) is -0.271. The minimum absolute atomic E-state index is 0.00241. The molecule has 2 nitrogen and oxygen atoms in total. The normalized spacial score (nSPS) is 16.3. The number of hydrogen-bond acceptors (Lipinski definition) is 2. The van der Waals surface area contributed by atoms with E-state index in [1.807, 2.05) is 0 Å². The molecule has 0 aromatic heterocycles. The molecule has 0 aliphatic carbocycles. The quantitative estimate of drug-likeness (QED) is 0.821. The second kappa shape index (κ2) is 5.01. The van der Waals surface area contributed by atoms with Gasteiger partial charge in [0.2, 0.25) is 0 Å². The largest absolute Gasteiger partial charge is 0.416 e. The standard InChI is InChI=1S/C11H11F6NO/c1-5(19)9(18)7-3-2-6(10(12,13)14)4-8(7)11(15,16)17/h2-5,9,19H,18H2,1H3/t5-,9-/m1/s1. The van der Waals surface area contributed by atoms with Crippen molar-refractivity contribution in [1.29, 1.82) is 0 Å². The second-order valence-corrected chi connectivity index (χ2v) is 4.06. The van der Waals surface area contributed by atoms with Gasteiger partial charge in [0.25, 0.3) is 0 Å². The van der Waals surface area contributed by atoms with E-state index in [0.29, 0.717) is 12.1 Å². The van der Waals surface area contributed by atoms with Crippen LogP contribution in [0.3, 0.4) is 0 Å². The minimum Gasteiger partial charge on any atom is -0.391 e. The Balaban J connectivity index is 3.42. The molecule has 0 fully saturated rings. The molecule has 108 valence electrons. The van der Waals surface area contributed by atoms with Crippen LogP contribution < -0.4 is 5.73 Å². The summed E-state index contributed by atoms with van der Waals surface area (Å²) in [6.07, 6.45) is -11.2. The van der Waals surface area contributed by atoms with Gasteiger partial charge in [-0.1, -0.05) is 6.07 Å². The van der Waals surface area contributed by atoms with Gasteiger partial charge in [0.05, 0.1) is 23.3 Å². The summed E-state index contributed by atoms with van der Waals surface area (Å²) in [5.41, 5.74) is 1.88. The maximum Gasteiger partial charge on any atom is 0.416 e. The maximum atomic E-state index is 12.7. The number of alkyl halides is 6. The zero-order valence-electron chi connectivity index (χ0n) is 9.68. The van der Waals surface area contributed by atoms with E-state index in [1.165, 1.54) is 0 Å². The number of aliphatic hydroxyl groups is 1. The summed E-state index contributed by atoms with van der Waals surface area (Å²) in [4.78, 5) is 0. The molecule has 19 heavy (non-hydrogen) atoms. The Hall–Kier alpha value is -1.28. The SMILES string of the molecule is C[C@@H](O)[C@@H](N)c1ccc(C(F)(F)F)cc1C(F)(F)F. The minimum atomic E-state index is -4.98. The van der Waals surface area contributed by atoms with Gasteiger partial charge in [0.15, 0.2) is 0 Å². The first-order valence-electron chi connectivity index (χ1n) is 5.16. The molecule has 0 saturated heterocycles. The van der Waals surface area contributed by atoms with Gasteiger partial charge in [-0.25, -0.2) is 0 Å². The molecule has 0 aliphatic heterocycles. The Bertz CT molecular complexity index is 451. The van der Waals surface area contributed by atoms with Crippen molar-refractivity contribution in [3.05, 3.63) is 34.9 Å². The number of hydrogen-bond donors (Lipinski definition) is 2. The highest BCUT2D eigenvalue weighted by molar-refractivity contribution is 5.37. The fourth-order valence-electron chi connectivity index (χ4n) is 1.53. The van der Waals surface area contributed by atoms with Crippen LogP contribution in [0.4, 0.5) is 26.3 Å². The smallest absolute Gasteiger partial charge is 0.391 e. The maximum absolute atomic E-state index is 12.7. The van der Waals surface area contributed by atoms with Crippen molar-refractivity contribution in [3.63, 3.8) is 0 Å². The van der Waals surface area contributed by atoms with Crippen molar-refractivity contribution in [1.82, 2.24) is 0 Å². The Labute approximate surface area is 104 Å². The summed E-state index contributed by atoms with van der Waals surface area (Å²) in [7, 11) is 0. The molecule has 1 aromatic rings. The zero-order chi connectivity index (χ0) is 15.0. The zero-order valence-corrected chi connectivity index (χ0v) is 9.68. The lowest BCUT2D eigenvalue weighted by Crippen LogP contribution is -2.26. The van der Waals surface area contributed by atoms with Gasteiger partial charge in [-0.2, -0.15) is 26.3 Å². The van der Waals surface area contributed by atoms with Crippen LogP contribution in [0.15, 0.2) is 18.2 Å². The van der Waals surface area contributed by atoms with Crippen LogP contribution in [0.25, 0.3) is 0 Å². The third-order valence-corrected chi connectivity index (χ3v) is 2.56. The Morgan fingerprint density at radius 2 is 1.58 bits per heavy atom. The number of nitrogens with two attached hydrogens (primary N) is 1. The number of benzene rings is 1. The summed E-state index contributed by atoms with van der Waals surface area (Å²) >= 11 is 0. The van der Waals surface area contributed by atoms with Crippen molar-refractivity contribution in [3.8, 4) is 0 Å². The summed E-state index contributed by atoms with van der Waals surface area (Å²) in [6.45, 7) is 1.16. The van der Waals surface area contributed by atoms with Gasteiger partial charge in [-0.05, 0) is 24.6 Å². The van der Waals surface area contributed by atoms with Gasteiger partial charge in [0.1, 0.15) is 0 Å². The van der Waals surface area contributed by atoms with Crippen LogP contribution in [0.2, 0.25) is 0 Å². The fraction of sp³-hybridized carbons (Fsp3) is 0.455. The van der Waals surface area contributed by atoms with Gasteiger partial charge in [0, 0.05) is 0 Å². The number of aliphatic hydroxyl groups excluding tert-OH is 1. The Morgan fingerprint density at radius 1 is 1.05 bits per heavy atom. The highest BCUT2D eigenvalue weighted by atomic mass is 19.4. The van der Waals surface area contributed by atoms with E-state index in [-0.39, 0.29) is 6.07 Å². The van der Waals surface area contributed by atoms with E-state index in [1.54, 1.807) is 0 Å². The lowest BCUT2D eigenvalue weighted by atomic mass is 9.95. The predicted octanol–water partition coefficient (Wildman–Crippen LogP) is 3.10. The van der Waals surface area contributed by atoms with Gasteiger partial charge in [-0.3, -0.25) is 0 Å². The second-order valence-electron chi connectivity index (χ2n) is 4.06. The van der Waals surface area contributed by atoms with Crippen LogP contribution in [-0.4, -0.2) is 11.2 Å². The fourth-order valence-corrected chi connectivity index (χ4v) is 1.53. The first-order valence-corrected chi connectivity index (χ1v) is 5.16. The predicted molar refractivity (Wildman–Crippen MR) is 55.1 cm³/mol. The average Bonchev–Trinajstić information content (AvgIpc) is 2.24. The molecular weight excluding hydrogens is 276 g/mol. The van der Waals surface area contributed by atoms with Crippen molar-refractivity contribution >= 4 is 0 Å². The molecule has 0 radical (unpaired) electrons. The van der Waals surface area contributed by atoms with E-state index in [4.69, 9.17) is 5.73 Å². The lowest BCUT2D eigenvalue weighted by Gasteiger charge is -2.21. The molecule has 1 aromatic carbocycles. The number of halogens is 6. The molecule has 0 heterocycles. The summed E-state index contributed by atoms with van der Waals surface area (Å²) < 4.78 is 75.4. The monoisotopic (exact) mass is 287 g/mol. The van der Waals surface area contributed by atoms with Crippen molar-refractivity contribution in [2.45, 2.75) is 31.4 Å². The van der Waals surface area contributed by atoms with Crippen LogP contribution in [-0.2, 0) is 12.4 Å². The van der Waals surface area contributed by atoms with E-state index in [0.717, 1.165) is 6.92 Å². The first kappa shape index (κ1) is 15.8. The third kappa shape index (κ3) is 3.60. The Morgan fingerprint density at radius 3 is 1.95 bits per heavy atom. The summed E-state index contributed by atoms with van der Waals surface area (Å²) in [5, 5.41) is 9.18. The molecule has 8 heteroatoms. The van der Waals surface area contributed by atoms with E-state index >= 15 is 0 Å². The van der Waals surface area contributed by atoms with Crippen molar-refractivity contribution in [2.75, 3.05) is 0 Å². The Kier molecular flexibility index (Phi) is 4.16. The van der Waals surface area contributed by atoms with Crippen LogP contribution in [0, 0.1) is 0 Å². The van der Waals surface area contributed by atoms with Crippen LogP contribution in [0.5, 0.6) is 0 Å². The van der Waals surface area contributed by atoms with E-state index < -0.39 is 41.2 Å². The van der Waals surface area contributed by atoms with Gasteiger partial charge >= 0.3 is 12.4 Å². The van der Waals surface area contributed by atoms with E-state index in [9.17, 15) is 31.4 Å². The van der Waals surface area contributed by atoms with Crippen LogP contribution >= 0.6 is 0 Å². The lowest BCUT2D eigenvalue weighted by molar-refractivity contribution is -0.143. The molecule has 1 rings (SSSR count). The van der Waals surface area contributed by atoms with Crippen molar-refractivity contribution in [2.24, 2.45) is 5.73 Å². The molecule has 2 atom stereocenters. The van der Waals surface area contributed by atoms with Crippen LogP contribution in [0.1, 0.15) is 29.7 Å². The number of rotatable bonds is 2. The summed E-state index contributed by atoms with van der Waals surface area (Å²) in [5.74, 6) is 0. The molecule has 3 N–H and O–H groups in total. The molecule has 0 spiro atoms. The third-order valence-electron chi connectivity index (χ3n) is 2.56. The highest BCUT2D eigenvalue weighted by Crippen LogP contribution is 2.39. The molecular formula is C11H11F6NO. The van der Waals surface area contributed by atoms with Gasteiger partial charge < -0.3 is 10.8 Å². The first-order chi connectivity index (χ1) is 8.44. The highest BCUT2D eigenvalue weighted by Gasteiger charge is 2.39. The van der Waals surface area contributed by atoms with Crippen molar-refractivity contribution < 1.29 is 31.4 Å². The average molecular weight is 287 g/mol. The molecule has 0 aliphatic rings. The molecule has 0 amide bonds. The molecule has 0 bridgehead atoms. The molecule has 0 saturated carbocycles. The van der Waals surface area contributed by atoms with Gasteiger partial charge in [-0.15, -0.1) is 0 Å².